The van der Waals surface area contributed by atoms with E-state index in [2.05, 4.69) is 340 Å². The fourth-order valence-electron chi connectivity index (χ4n) is 13.7. The van der Waals surface area contributed by atoms with E-state index in [1.807, 2.05) is 6.20 Å². The number of hydrogen-bond donors (Lipinski definition) is 0. The van der Waals surface area contributed by atoms with Crippen LogP contribution in [0.3, 0.4) is 0 Å². The van der Waals surface area contributed by atoms with E-state index in [0.717, 1.165) is 67.3 Å². The van der Waals surface area contributed by atoms with Gasteiger partial charge in [0.05, 0.1) is 33.4 Å². The molecule has 13 aromatic rings. The van der Waals surface area contributed by atoms with Gasteiger partial charge in [-0.25, -0.2) is 4.98 Å². The second-order valence-electron chi connectivity index (χ2n) is 28.3. The highest BCUT2D eigenvalue weighted by molar-refractivity contribution is 7.20. The van der Waals surface area contributed by atoms with Crippen molar-refractivity contribution in [2.45, 2.75) is 105 Å². The molecule has 1 aliphatic rings. The van der Waals surface area contributed by atoms with Crippen molar-refractivity contribution in [3.8, 4) is 62.1 Å². The van der Waals surface area contributed by atoms with Crippen molar-refractivity contribution in [2.75, 3.05) is 0 Å². The van der Waals surface area contributed by atoms with Gasteiger partial charge in [-0.3, -0.25) is 13.7 Å². The molecule has 0 fully saturated rings. The molecule has 0 amide bonds. The fraction of sp³-hybridized carbons (Fsp3) is 0.195. The molecule has 14 rings (SSSR count). The minimum absolute atomic E-state index is 0.0449. The van der Waals surface area contributed by atoms with Gasteiger partial charge in [0.25, 0.3) is 6.33 Å². The summed E-state index contributed by atoms with van der Waals surface area (Å²) in [7, 11) is -3.00. The summed E-state index contributed by atoms with van der Waals surface area (Å²) in [5.74, 6) is 2.37. The smallest absolute Gasteiger partial charge is 0.269 e. The van der Waals surface area contributed by atoms with Crippen molar-refractivity contribution in [1.29, 1.82) is 0 Å². The molecular formula is C82H76N4OSi. The second kappa shape index (κ2) is 20.9. The average Bonchev–Trinajstić information content (AvgIpc) is 1.34. The number of ether oxygens (including phenoxy) is 1. The number of nitrogens with zero attached hydrogens (tertiary/aromatic N) is 4. The Kier molecular flexibility index (Phi) is 13.4. The number of imidazole rings is 1. The SMILES string of the molecule is CC(C)(C)c1cc(Oc2ccc3c4ccccc4n(-c4cc(C(C)(C)C)ccn4)c3c2)cc(-n2[c-][n+]3c4c(cccc42)-c2ccccc2-c2ccc([Si](c4ccccc4)(c4ccccc4)c4ccccc4)cc2-c2cc(C(C)(C)C)cc(C(C)(C)C)c2-3)c1. The maximum absolute atomic E-state index is 7.21. The second-order valence-corrected chi connectivity index (χ2v) is 32.1. The average molecular weight is 1160 g/mol. The molecule has 10 aromatic carbocycles. The van der Waals surface area contributed by atoms with Gasteiger partial charge < -0.3 is 4.74 Å². The van der Waals surface area contributed by atoms with Crippen LogP contribution in [0.2, 0.25) is 0 Å². The molecule has 0 atom stereocenters. The first kappa shape index (κ1) is 56.4. The van der Waals surface area contributed by atoms with E-state index >= 15 is 0 Å². The van der Waals surface area contributed by atoms with Gasteiger partial charge in [0.15, 0.2) is 8.07 Å². The number of hydrogen-bond acceptors (Lipinski definition) is 2. The zero-order valence-corrected chi connectivity index (χ0v) is 53.8. The molecule has 1 aliphatic heterocycles. The topological polar surface area (TPSA) is 35.9 Å². The molecule has 0 N–H and O–H groups in total. The van der Waals surface area contributed by atoms with Gasteiger partial charge in [-0.15, -0.1) is 0 Å². The van der Waals surface area contributed by atoms with Crippen LogP contribution in [0.1, 0.15) is 105 Å². The van der Waals surface area contributed by atoms with Crippen LogP contribution in [-0.2, 0) is 21.7 Å². The van der Waals surface area contributed by atoms with Crippen LogP contribution in [0.15, 0.2) is 243 Å². The van der Waals surface area contributed by atoms with Gasteiger partial charge >= 0.3 is 0 Å². The van der Waals surface area contributed by atoms with Crippen LogP contribution in [0.25, 0.3) is 83.4 Å². The Morgan fingerprint density at radius 1 is 0.386 bits per heavy atom. The molecule has 434 valence electrons. The van der Waals surface area contributed by atoms with Crippen LogP contribution in [-0.4, -0.2) is 22.2 Å². The summed E-state index contributed by atoms with van der Waals surface area (Å²) in [4.78, 5) is 4.99. The molecule has 0 spiro atoms. The van der Waals surface area contributed by atoms with E-state index < -0.39 is 8.07 Å². The Labute approximate surface area is 520 Å². The largest absolute Gasteiger partial charge is 0.458 e. The van der Waals surface area contributed by atoms with Gasteiger partial charge in [0.2, 0.25) is 0 Å². The zero-order chi connectivity index (χ0) is 61.1. The first-order valence-electron chi connectivity index (χ1n) is 31.1. The minimum Gasteiger partial charge on any atom is -0.458 e. The third-order valence-electron chi connectivity index (χ3n) is 18.3. The van der Waals surface area contributed by atoms with Gasteiger partial charge in [-0.05, 0) is 147 Å². The standard InChI is InChI=1S/C82H76N4OSi/c1-79(2,3)54-43-44-83-76(49-54)86-73-37-25-24-35-67(73)68-41-39-58(51-75(68)86)87-59-46-55(80(4,5)6)45-57(50-59)84-53-85-77-71(47-56(81(7,8)9)48-72(77)82(10,11)12)70-52-63(40-42-66(70)64-33-22-23-34-65(64)69-36-26-38-74(84)78(69)85)88(60-27-16-13-17-28-60,61-29-18-14-19-30-61)62-31-20-15-21-32-62/h13-52H,1-12H3. The van der Waals surface area contributed by atoms with E-state index in [-0.39, 0.29) is 21.7 Å². The number of rotatable bonds is 8. The Hall–Kier alpha value is -9.36. The molecule has 0 bridgehead atoms. The highest BCUT2D eigenvalue weighted by Crippen LogP contribution is 2.47. The minimum atomic E-state index is -3.00. The van der Waals surface area contributed by atoms with Crippen molar-refractivity contribution >= 4 is 61.7 Å². The molecule has 0 radical (unpaired) electrons. The lowest BCUT2D eigenvalue weighted by Crippen LogP contribution is -2.74. The van der Waals surface area contributed by atoms with Crippen LogP contribution in [0.5, 0.6) is 11.5 Å². The number of para-hydroxylation sites is 2. The summed E-state index contributed by atoms with van der Waals surface area (Å²) in [6.07, 6.45) is 6.12. The summed E-state index contributed by atoms with van der Waals surface area (Å²) >= 11 is 0. The first-order valence-corrected chi connectivity index (χ1v) is 33.1. The number of aromatic nitrogens is 4. The molecule has 0 aliphatic carbocycles. The molecule has 0 saturated heterocycles. The fourth-order valence-corrected chi connectivity index (χ4v) is 18.4. The Balaban J connectivity index is 1.03. The van der Waals surface area contributed by atoms with Gasteiger partial charge in [-0.1, -0.05) is 265 Å². The van der Waals surface area contributed by atoms with E-state index in [1.165, 1.54) is 70.6 Å². The van der Waals surface area contributed by atoms with Crippen molar-refractivity contribution in [3.05, 3.63) is 271 Å². The molecule has 0 saturated carbocycles. The lowest BCUT2D eigenvalue weighted by molar-refractivity contribution is -0.572. The van der Waals surface area contributed by atoms with E-state index in [1.54, 1.807) is 0 Å². The molecule has 3 aromatic heterocycles. The third kappa shape index (κ3) is 9.52. The highest BCUT2D eigenvalue weighted by Gasteiger charge is 2.42. The van der Waals surface area contributed by atoms with Crippen molar-refractivity contribution < 1.29 is 9.30 Å². The van der Waals surface area contributed by atoms with Gasteiger partial charge in [0, 0.05) is 23.0 Å². The highest BCUT2D eigenvalue weighted by atomic mass is 28.3. The van der Waals surface area contributed by atoms with Crippen molar-refractivity contribution in [1.82, 2.24) is 14.1 Å². The van der Waals surface area contributed by atoms with Crippen LogP contribution >= 0.6 is 0 Å². The van der Waals surface area contributed by atoms with Crippen LogP contribution in [0, 0.1) is 6.33 Å². The summed E-state index contributed by atoms with van der Waals surface area (Å²) in [5.41, 5.74) is 17.6. The van der Waals surface area contributed by atoms with Crippen LogP contribution in [0.4, 0.5) is 0 Å². The molecule has 5 nitrogen and oxygen atoms in total. The van der Waals surface area contributed by atoms with Crippen molar-refractivity contribution in [2.24, 2.45) is 0 Å². The summed E-state index contributed by atoms with van der Waals surface area (Å²) in [6, 6.07) is 88.6. The summed E-state index contributed by atoms with van der Waals surface area (Å²) in [5, 5.41) is 7.66. The van der Waals surface area contributed by atoms with Crippen LogP contribution < -0.4 is 30.1 Å². The molecule has 88 heavy (non-hydrogen) atoms. The first-order chi connectivity index (χ1) is 42.2. The number of pyridine rings is 1. The van der Waals surface area contributed by atoms with Gasteiger partial charge in [-0.2, -0.15) is 0 Å². The lowest BCUT2D eigenvalue weighted by Gasteiger charge is -2.35. The lowest BCUT2D eigenvalue weighted by atomic mass is 9.77. The summed E-state index contributed by atoms with van der Waals surface area (Å²) in [6.45, 7) is 27.8. The molecule has 4 heterocycles. The third-order valence-corrected chi connectivity index (χ3v) is 23.1. The quantitative estimate of drug-likeness (QED) is 0.0658. The number of benzene rings is 10. The van der Waals surface area contributed by atoms with E-state index in [9.17, 15) is 0 Å². The molecular weight excluding hydrogens is 1090 g/mol. The monoisotopic (exact) mass is 1160 g/mol. The van der Waals surface area contributed by atoms with Gasteiger partial charge in [0.1, 0.15) is 17.3 Å². The zero-order valence-electron chi connectivity index (χ0n) is 52.8. The molecule has 6 heteroatoms. The van der Waals surface area contributed by atoms with Crippen molar-refractivity contribution in [3.63, 3.8) is 0 Å². The molecule has 0 unspecified atom stereocenters. The normalized spacial score (nSPS) is 12.8. The Morgan fingerprint density at radius 2 is 0.943 bits per heavy atom. The Bertz CT molecular complexity index is 4750. The Morgan fingerprint density at radius 3 is 1.58 bits per heavy atom. The maximum atomic E-state index is 7.21. The predicted molar refractivity (Wildman–Crippen MR) is 371 cm³/mol. The maximum Gasteiger partial charge on any atom is 0.269 e. The van der Waals surface area contributed by atoms with E-state index in [0.29, 0.717) is 0 Å². The summed E-state index contributed by atoms with van der Waals surface area (Å²) < 4.78 is 14.2. The predicted octanol–water partition coefficient (Wildman–Crippen LogP) is 17.9. The van der Waals surface area contributed by atoms with E-state index in [4.69, 9.17) is 9.72 Å². The number of fused-ring (bicyclic) bond motifs is 10.